The van der Waals surface area contributed by atoms with E-state index in [0.29, 0.717) is 17.9 Å². The number of carbonyl (C=O) groups is 1. The van der Waals surface area contributed by atoms with Crippen LogP contribution in [0.3, 0.4) is 0 Å². The maximum Gasteiger partial charge on any atom is 0.249 e. The number of hydrogen-bond acceptors (Lipinski definition) is 2. The van der Waals surface area contributed by atoms with Crippen molar-refractivity contribution in [1.82, 2.24) is 5.32 Å². The van der Waals surface area contributed by atoms with E-state index >= 15 is 0 Å². The molecule has 0 aromatic heterocycles. The molecule has 1 aliphatic heterocycles. The minimum atomic E-state index is -0.173. The van der Waals surface area contributed by atoms with E-state index in [2.05, 4.69) is 17.5 Å². The van der Waals surface area contributed by atoms with E-state index in [-0.39, 0.29) is 12.0 Å². The lowest BCUT2D eigenvalue weighted by atomic mass is 10.0. The molecule has 1 saturated heterocycles. The van der Waals surface area contributed by atoms with Gasteiger partial charge in [-0.1, -0.05) is 12.2 Å². The number of ether oxygens (including phenoxy) is 1. The first-order valence-electron chi connectivity index (χ1n) is 5.93. The Labute approximate surface area is 89.9 Å². The van der Waals surface area contributed by atoms with Crippen molar-refractivity contribution < 1.29 is 9.53 Å². The van der Waals surface area contributed by atoms with Gasteiger partial charge in [0.2, 0.25) is 5.91 Å². The van der Waals surface area contributed by atoms with E-state index in [1.54, 1.807) is 0 Å². The van der Waals surface area contributed by atoms with Crippen molar-refractivity contribution >= 4 is 5.91 Å². The highest BCUT2D eigenvalue weighted by Crippen LogP contribution is 2.39. The van der Waals surface area contributed by atoms with Gasteiger partial charge in [-0.05, 0) is 37.5 Å². The van der Waals surface area contributed by atoms with Crippen LogP contribution >= 0.6 is 0 Å². The third-order valence-electron chi connectivity index (χ3n) is 3.83. The summed E-state index contributed by atoms with van der Waals surface area (Å²) in [5, 5.41) is 3.14. The molecule has 0 aromatic rings. The quantitative estimate of drug-likeness (QED) is 0.692. The highest BCUT2D eigenvalue weighted by Gasteiger charge is 2.37. The van der Waals surface area contributed by atoms with Crippen LogP contribution in [-0.2, 0) is 9.53 Å². The van der Waals surface area contributed by atoms with Gasteiger partial charge in [-0.15, -0.1) is 0 Å². The molecule has 2 fully saturated rings. The molecular formula is C12H17NO2. The second-order valence-corrected chi connectivity index (χ2v) is 4.90. The van der Waals surface area contributed by atoms with E-state index in [1.807, 2.05) is 0 Å². The van der Waals surface area contributed by atoms with Crippen LogP contribution in [0.1, 0.15) is 25.7 Å². The summed E-state index contributed by atoms with van der Waals surface area (Å²) < 4.78 is 5.38. The van der Waals surface area contributed by atoms with Gasteiger partial charge in [-0.2, -0.15) is 0 Å². The maximum atomic E-state index is 11.8. The van der Waals surface area contributed by atoms with Crippen LogP contribution in [0.25, 0.3) is 0 Å². The molecule has 3 rings (SSSR count). The summed E-state index contributed by atoms with van der Waals surface area (Å²) in [5.41, 5.74) is 0. The van der Waals surface area contributed by atoms with Gasteiger partial charge < -0.3 is 10.1 Å². The Morgan fingerprint density at radius 1 is 1.33 bits per heavy atom. The largest absolute Gasteiger partial charge is 0.368 e. The SMILES string of the molecule is O=C(NC1CC2C=CC1C2)C1CCCO1. The zero-order valence-corrected chi connectivity index (χ0v) is 8.82. The van der Waals surface area contributed by atoms with Gasteiger partial charge in [0.1, 0.15) is 6.10 Å². The summed E-state index contributed by atoms with van der Waals surface area (Å²) in [6.07, 6.45) is 8.65. The van der Waals surface area contributed by atoms with E-state index in [9.17, 15) is 4.79 Å². The van der Waals surface area contributed by atoms with Crippen molar-refractivity contribution in [2.45, 2.75) is 37.8 Å². The first-order chi connectivity index (χ1) is 7.33. The smallest absolute Gasteiger partial charge is 0.249 e. The molecule has 82 valence electrons. The lowest BCUT2D eigenvalue weighted by molar-refractivity contribution is -0.130. The van der Waals surface area contributed by atoms with Gasteiger partial charge in [0.05, 0.1) is 0 Å². The zero-order valence-electron chi connectivity index (χ0n) is 8.82. The normalized spacial score (nSPS) is 42.4. The van der Waals surface area contributed by atoms with Crippen molar-refractivity contribution in [3.05, 3.63) is 12.2 Å². The number of fused-ring (bicyclic) bond motifs is 2. The zero-order chi connectivity index (χ0) is 10.3. The van der Waals surface area contributed by atoms with Gasteiger partial charge in [-0.3, -0.25) is 4.79 Å². The minimum absolute atomic E-state index is 0.110. The highest BCUT2D eigenvalue weighted by atomic mass is 16.5. The Kier molecular flexibility index (Phi) is 2.28. The fourth-order valence-electron chi connectivity index (χ4n) is 3.01. The Morgan fingerprint density at radius 3 is 2.87 bits per heavy atom. The fourth-order valence-corrected chi connectivity index (χ4v) is 3.01. The average Bonchev–Trinajstić information content (AvgIpc) is 2.95. The van der Waals surface area contributed by atoms with Crippen molar-refractivity contribution in [2.75, 3.05) is 6.61 Å². The molecule has 2 aliphatic carbocycles. The van der Waals surface area contributed by atoms with Crippen LogP contribution in [0.2, 0.25) is 0 Å². The second kappa shape index (κ2) is 3.63. The number of amides is 1. The Bertz CT molecular complexity index is 294. The monoisotopic (exact) mass is 207 g/mol. The third kappa shape index (κ3) is 1.69. The molecule has 3 aliphatic rings. The van der Waals surface area contributed by atoms with Crippen LogP contribution in [0.15, 0.2) is 12.2 Å². The Morgan fingerprint density at radius 2 is 2.27 bits per heavy atom. The molecule has 0 radical (unpaired) electrons. The Hall–Kier alpha value is -0.830. The summed E-state index contributed by atoms with van der Waals surface area (Å²) in [7, 11) is 0. The summed E-state index contributed by atoms with van der Waals surface area (Å²) in [6, 6.07) is 0.372. The molecule has 1 saturated carbocycles. The molecule has 4 unspecified atom stereocenters. The van der Waals surface area contributed by atoms with E-state index in [0.717, 1.165) is 25.9 Å². The highest BCUT2D eigenvalue weighted by molar-refractivity contribution is 5.81. The minimum Gasteiger partial charge on any atom is -0.368 e. The lowest BCUT2D eigenvalue weighted by Gasteiger charge is -2.21. The first-order valence-corrected chi connectivity index (χ1v) is 5.93. The van der Waals surface area contributed by atoms with Crippen LogP contribution in [-0.4, -0.2) is 24.7 Å². The van der Waals surface area contributed by atoms with Crippen LogP contribution in [0.5, 0.6) is 0 Å². The fraction of sp³-hybridized carbons (Fsp3) is 0.750. The van der Waals surface area contributed by atoms with E-state index < -0.39 is 0 Å². The molecule has 15 heavy (non-hydrogen) atoms. The number of rotatable bonds is 2. The van der Waals surface area contributed by atoms with Crippen molar-refractivity contribution in [1.29, 1.82) is 0 Å². The molecule has 3 heteroatoms. The molecule has 1 N–H and O–H groups in total. The molecule has 0 spiro atoms. The van der Waals surface area contributed by atoms with Gasteiger partial charge in [0, 0.05) is 12.6 Å². The van der Waals surface area contributed by atoms with E-state index in [1.165, 1.54) is 6.42 Å². The maximum absolute atomic E-state index is 11.8. The van der Waals surface area contributed by atoms with Gasteiger partial charge >= 0.3 is 0 Å². The summed E-state index contributed by atoms with van der Waals surface area (Å²) in [5.74, 6) is 1.41. The summed E-state index contributed by atoms with van der Waals surface area (Å²) >= 11 is 0. The number of carbonyl (C=O) groups excluding carboxylic acids is 1. The molecule has 1 amide bonds. The predicted octanol–water partition coefficient (Wildman–Crippen LogP) is 1.25. The second-order valence-electron chi connectivity index (χ2n) is 4.90. The van der Waals surface area contributed by atoms with Crippen molar-refractivity contribution in [2.24, 2.45) is 11.8 Å². The van der Waals surface area contributed by atoms with Gasteiger partial charge in [0.25, 0.3) is 0 Å². The third-order valence-corrected chi connectivity index (χ3v) is 3.83. The lowest BCUT2D eigenvalue weighted by Crippen LogP contribution is -2.43. The Balaban J connectivity index is 1.57. The molecule has 1 heterocycles. The molecule has 2 bridgehead atoms. The van der Waals surface area contributed by atoms with E-state index in [4.69, 9.17) is 4.74 Å². The van der Waals surface area contributed by atoms with Crippen LogP contribution < -0.4 is 5.32 Å². The van der Waals surface area contributed by atoms with Gasteiger partial charge in [0.15, 0.2) is 0 Å². The van der Waals surface area contributed by atoms with Crippen LogP contribution in [0, 0.1) is 11.8 Å². The predicted molar refractivity (Wildman–Crippen MR) is 56.3 cm³/mol. The molecule has 4 atom stereocenters. The van der Waals surface area contributed by atoms with Crippen molar-refractivity contribution in [3.63, 3.8) is 0 Å². The van der Waals surface area contributed by atoms with Crippen molar-refractivity contribution in [3.8, 4) is 0 Å². The first kappa shape index (κ1) is 9.40. The standard InChI is InChI=1S/C12H17NO2/c14-12(11-2-1-5-15-11)13-10-7-8-3-4-9(10)6-8/h3-4,8-11H,1-2,5-7H2,(H,13,14). The number of hydrogen-bond donors (Lipinski definition) is 1. The van der Waals surface area contributed by atoms with Crippen LogP contribution in [0.4, 0.5) is 0 Å². The summed E-state index contributed by atoms with van der Waals surface area (Å²) in [4.78, 5) is 11.8. The molecule has 0 aromatic carbocycles. The topological polar surface area (TPSA) is 38.3 Å². The number of nitrogens with one attached hydrogen (secondary N) is 1. The average molecular weight is 207 g/mol. The molecule has 3 nitrogen and oxygen atoms in total. The number of allylic oxidation sites excluding steroid dienone is 1. The van der Waals surface area contributed by atoms with Gasteiger partial charge in [-0.25, -0.2) is 0 Å². The summed E-state index contributed by atoms with van der Waals surface area (Å²) in [6.45, 7) is 0.745. The molecular weight excluding hydrogens is 190 g/mol.